The number of halogens is 1. The number of aromatic nitrogens is 2. The van der Waals surface area contributed by atoms with Crippen LogP contribution in [0.3, 0.4) is 0 Å². The maximum atomic E-state index is 13.5. The average Bonchev–Trinajstić information content (AvgIpc) is 2.46. The van der Waals surface area contributed by atoms with E-state index >= 15 is 0 Å². The van der Waals surface area contributed by atoms with Crippen LogP contribution in [0.5, 0.6) is 0 Å². The second-order valence-electron chi connectivity index (χ2n) is 4.53. The Labute approximate surface area is 114 Å². The van der Waals surface area contributed by atoms with Gasteiger partial charge in [-0.15, -0.1) is 0 Å². The Kier molecular flexibility index (Phi) is 2.95. The molecule has 0 amide bonds. The fourth-order valence-corrected chi connectivity index (χ4v) is 2.13. The molecule has 1 heterocycles. The van der Waals surface area contributed by atoms with Crippen molar-refractivity contribution in [2.45, 2.75) is 6.54 Å². The van der Waals surface area contributed by atoms with E-state index in [4.69, 9.17) is 5.73 Å². The van der Waals surface area contributed by atoms with Crippen LogP contribution in [0.1, 0.15) is 5.56 Å². The Bertz CT molecular complexity index is 842. The van der Waals surface area contributed by atoms with Crippen LogP contribution < -0.4 is 11.3 Å². The number of benzene rings is 2. The lowest BCUT2D eigenvalue weighted by Crippen LogP contribution is -2.21. The molecule has 0 atom stereocenters. The van der Waals surface area contributed by atoms with E-state index in [1.807, 2.05) is 24.3 Å². The molecule has 0 aliphatic rings. The normalized spacial score (nSPS) is 10.8. The van der Waals surface area contributed by atoms with Gasteiger partial charge in [-0.3, -0.25) is 4.79 Å². The van der Waals surface area contributed by atoms with Crippen molar-refractivity contribution < 1.29 is 4.39 Å². The molecule has 5 heteroatoms. The number of nitrogen functional groups attached to an aromatic ring is 1. The van der Waals surface area contributed by atoms with Gasteiger partial charge in [0.1, 0.15) is 5.82 Å². The summed E-state index contributed by atoms with van der Waals surface area (Å²) >= 11 is 0. The van der Waals surface area contributed by atoms with E-state index in [9.17, 15) is 9.18 Å². The first kappa shape index (κ1) is 12.3. The molecule has 2 N–H and O–H groups in total. The maximum Gasteiger partial charge on any atom is 0.269 e. The number of nitrogens with two attached hydrogens (primary N) is 1. The van der Waals surface area contributed by atoms with Crippen LogP contribution in [0.2, 0.25) is 0 Å². The Morgan fingerprint density at radius 3 is 2.80 bits per heavy atom. The highest BCUT2D eigenvalue weighted by Crippen LogP contribution is 2.15. The van der Waals surface area contributed by atoms with Gasteiger partial charge in [-0.1, -0.05) is 18.2 Å². The lowest BCUT2D eigenvalue weighted by Gasteiger charge is -2.10. The summed E-state index contributed by atoms with van der Waals surface area (Å²) in [6, 6.07) is 11.9. The monoisotopic (exact) mass is 269 g/mol. The summed E-state index contributed by atoms with van der Waals surface area (Å²) in [5.74, 6) is -0.478. The molecule has 0 unspecified atom stereocenters. The van der Waals surface area contributed by atoms with Crippen molar-refractivity contribution in [2.75, 3.05) is 5.73 Å². The quantitative estimate of drug-likeness (QED) is 0.725. The Morgan fingerprint density at radius 1 is 1.20 bits per heavy atom. The smallest absolute Gasteiger partial charge is 0.269 e. The van der Waals surface area contributed by atoms with Crippen LogP contribution in [0.25, 0.3) is 11.0 Å². The molecule has 1 aromatic heterocycles. The molecule has 0 fully saturated rings. The minimum Gasteiger partial charge on any atom is -0.396 e. The first-order chi connectivity index (χ1) is 9.65. The van der Waals surface area contributed by atoms with E-state index in [0.29, 0.717) is 5.56 Å². The van der Waals surface area contributed by atoms with E-state index in [-0.39, 0.29) is 17.8 Å². The van der Waals surface area contributed by atoms with Gasteiger partial charge in [-0.05, 0) is 29.8 Å². The van der Waals surface area contributed by atoms with E-state index in [1.54, 1.807) is 10.6 Å². The zero-order valence-electron chi connectivity index (χ0n) is 10.6. The van der Waals surface area contributed by atoms with Gasteiger partial charge in [0.05, 0.1) is 29.5 Å². The lowest BCUT2D eigenvalue weighted by molar-refractivity contribution is 0.628. The summed E-state index contributed by atoms with van der Waals surface area (Å²) < 4.78 is 15.0. The number of hydrogen-bond donors (Lipinski definition) is 1. The Morgan fingerprint density at radius 2 is 2.00 bits per heavy atom. The van der Waals surface area contributed by atoms with Crippen LogP contribution in [0, 0.1) is 5.82 Å². The summed E-state index contributed by atoms with van der Waals surface area (Å²) in [5.41, 5.74) is 7.45. The van der Waals surface area contributed by atoms with Crippen LogP contribution >= 0.6 is 0 Å². The van der Waals surface area contributed by atoms with E-state index < -0.39 is 5.82 Å². The zero-order chi connectivity index (χ0) is 14.1. The largest absolute Gasteiger partial charge is 0.396 e. The minimum absolute atomic E-state index is 0.0979. The Hall–Kier alpha value is -2.69. The number of nitrogens with zero attached hydrogens (tertiary/aromatic N) is 2. The van der Waals surface area contributed by atoms with Gasteiger partial charge in [0.15, 0.2) is 0 Å². The molecule has 0 spiro atoms. The SMILES string of the molecule is Nc1ccc(Cn2c(=O)cnc3ccccc32)cc1F. The minimum atomic E-state index is -0.478. The standard InChI is InChI=1S/C15H12FN3O/c16-11-7-10(5-6-12(11)17)9-19-14-4-2-1-3-13(14)18-8-15(19)20/h1-8H,9,17H2. The third-order valence-electron chi connectivity index (χ3n) is 3.16. The highest BCUT2D eigenvalue weighted by atomic mass is 19.1. The number of hydrogen-bond acceptors (Lipinski definition) is 3. The molecular formula is C15H12FN3O. The predicted octanol–water partition coefficient (Wildman–Crippen LogP) is 2.17. The molecule has 0 radical (unpaired) electrons. The first-order valence-corrected chi connectivity index (χ1v) is 6.13. The fourth-order valence-electron chi connectivity index (χ4n) is 2.13. The van der Waals surface area contributed by atoms with Crippen LogP contribution in [0.15, 0.2) is 53.5 Å². The van der Waals surface area contributed by atoms with Gasteiger partial charge in [0.2, 0.25) is 0 Å². The molecule has 100 valence electrons. The van der Waals surface area contributed by atoms with Crippen LogP contribution in [-0.2, 0) is 6.54 Å². The summed E-state index contributed by atoms with van der Waals surface area (Å²) in [5, 5.41) is 0. The second-order valence-corrected chi connectivity index (χ2v) is 4.53. The van der Waals surface area contributed by atoms with E-state index in [1.165, 1.54) is 18.3 Å². The third-order valence-corrected chi connectivity index (χ3v) is 3.16. The summed E-state index contributed by atoms with van der Waals surface area (Å²) in [6.07, 6.45) is 1.27. The van der Waals surface area contributed by atoms with Crippen molar-refractivity contribution in [3.63, 3.8) is 0 Å². The molecule has 3 rings (SSSR count). The van der Waals surface area contributed by atoms with Crippen molar-refractivity contribution in [1.82, 2.24) is 9.55 Å². The highest BCUT2D eigenvalue weighted by Gasteiger charge is 2.06. The average molecular weight is 269 g/mol. The first-order valence-electron chi connectivity index (χ1n) is 6.13. The van der Waals surface area contributed by atoms with Gasteiger partial charge < -0.3 is 10.3 Å². The molecule has 0 bridgehead atoms. The number of rotatable bonds is 2. The summed E-state index contributed by atoms with van der Waals surface area (Å²) in [7, 11) is 0. The Balaban J connectivity index is 2.12. The fraction of sp³-hybridized carbons (Fsp3) is 0.0667. The molecule has 3 aromatic rings. The van der Waals surface area contributed by atoms with E-state index in [2.05, 4.69) is 4.98 Å². The van der Waals surface area contributed by atoms with Gasteiger partial charge in [-0.2, -0.15) is 0 Å². The van der Waals surface area contributed by atoms with Crippen LogP contribution in [0.4, 0.5) is 10.1 Å². The number of fused-ring (bicyclic) bond motifs is 1. The van der Waals surface area contributed by atoms with Gasteiger partial charge >= 0.3 is 0 Å². The topological polar surface area (TPSA) is 60.9 Å². The molecule has 4 nitrogen and oxygen atoms in total. The van der Waals surface area contributed by atoms with Gasteiger partial charge in [-0.25, -0.2) is 9.37 Å². The molecular weight excluding hydrogens is 257 g/mol. The lowest BCUT2D eigenvalue weighted by atomic mass is 10.2. The molecule has 0 aliphatic carbocycles. The van der Waals surface area contributed by atoms with E-state index in [0.717, 1.165) is 11.0 Å². The zero-order valence-corrected chi connectivity index (χ0v) is 10.6. The van der Waals surface area contributed by atoms with Crippen molar-refractivity contribution >= 4 is 16.7 Å². The molecule has 0 saturated heterocycles. The van der Waals surface area contributed by atoms with Crippen molar-refractivity contribution in [3.05, 3.63) is 70.4 Å². The second kappa shape index (κ2) is 4.77. The number of para-hydroxylation sites is 2. The highest BCUT2D eigenvalue weighted by molar-refractivity contribution is 5.74. The summed E-state index contributed by atoms with van der Waals surface area (Å²) in [4.78, 5) is 16.1. The molecule has 2 aromatic carbocycles. The van der Waals surface area contributed by atoms with Crippen molar-refractivity contribution in [2.24, 2.45) is 0 Å². The molecule has 0 aliphatic heterocycles. The summed E-state index contributed by atoms with van der Waals surface area (Å²) in [6.45, 7) is 0.277. The van der Waals surface area contributed by atoms with Gasteiger partial charge in [0, 0.05) is 0 Å². The third kappa shape index (κ3) is 2.14. The van der Waals surface area contributed by atoms with Crippen molar-refractivity contribution in [1.29, 1.82) is 0 Å². The predicted molar refractivity (Wildman–Crippen MR) is 75.9 cm³/mol. The maximum absolute atomic E-state index is 13.5. The van der Waals surface area contributed by atoms with Crippen molar-refractivity contribution in [3.8, 4) is 0 Å². The molecule has 0 saturated carbocycles. The van der Waals surface area contributed by atoms with Crippen LogP contribution in [-0.4, -0.2) is 9.55 Å². The molecule has 20 heavy (non-hydrogen) atoms. The van der Waals surface area contributed by atoms with Gasteiger partial charge in [0.25, 0.3) is 5.56 Å². The number of anilines is 1.